The molecule has 0 aromatic heterocycles. The van der Waals surface area contributed by atoms with Gasteiger partial charge in [-0.15, -0.1) is 0 Å². The van der Waals surface area contributed by atoms with Crippen molar-refractivity contribution in [3.8, 4) is 0 Å². The maximum Gasteiger partial charge on any atom is 0.255 e. The second kappa shape index (κ2) is 6.50. The fourth-order valence-electron chi connectivity index (χ4n) is 7.41. The number of quaternary nitrogens is 1. The van der Waals surface area contributed by atoms with Crippen molar-refractivity contribution in [1.29, 1.82) is 0 Å². The van der Waals surface area contributed by atoms with Crippen molar-refractivity contribution in [1.82, 2.24) is 9.80 Å². The van der Waals surface area contributed by atoms with Crippen LogP contribution in [0.25, 0.3) is 0 Å². The average molecular weight is 413 g/mol. The number of nitrogens with zero attached hydrogens (tertiary/aromatic N) is 3. The second-order valence-electron chi connectivity index (χ2n) is 9.95. The van der Waals surface area contributed by atoms with Gasteiger partial charge in [-0.25, -0.2) is 4.39 Å². The fraction of sp³-hybridized carbons (Fsp3) is 0.652. The van der Waals surface area contributed by atoms with Crippen molar-refractivity contribution in [2.45, 2.75) is 63.2 Å². The van der Waals surface area contributed by atoms with Gasteiger partial charge in [0, 0.05) is 35.5 Å². The third-order valence-corrected chi connectivity index (χ3v) is 8.60. The van der Waals surface area contributed by atoms with E-state index in [1.807, 2.05) is 4.90 Å². The second-order valence-corrected chi connectivity index (χ2v) is 9.95. The normalized spacial score (nSPS) is 40.1. The molecule has 2 unspecified atom stereocenters. The molecule has 6 nitrogen and oxygen atoms in total. The number of hydrogen-bond acceptors (Lipinski definition) is 3. The van der Waals surface area contributed by atoms with E-state index in [1.54, 1.807) is 17.0 Å². The van der Waals surface area contributed by atoms with Crippen LogP contribution >= 0.6 is 0 Å². The Morgan fingerprint density at radius 3 is 2.63 bits per heavy atom. The molecular weight excluding hydrogens is 385 g/mol. The Bertz CT molecular complexity index is 919. The van der Waals surface area contributed by atoms with Gasteiger partial charge in [-0.3, -0.25) is 9.59 Å². The summed E-state index contributed by atoms with van der Waals surface area (Å²) in [6, 6.07) is 4.33. The molecule has 5 heterocycles. The van der Waals surface area contributed by atoms with Crippen molar-refractivity contribution >= 4 is 11.8 Å². The molecule has 2 amide bonds. The molecule has 30 heavy (non-hydrogen) atoms. The predicted molar refractivity (Wildman–Crippen MR) is 107 cm³/mol. The minimum absolute atomic E-state index is 0.00594. The van der Waals surface area contributed by atoms with Crippen LogP contribution in [-0.2, 0) is 11.3 Å². The zero-order chi connectivity index (χ0) is 20.6. The summed E-state index contributed by atoms with van der Waals surface area (Å²) < 4.78 is 14.2. The van der Waals surface area contributed by atoms with Gasteiger partial charge >= 0.3 is 0 Å². The summed E-state index contributed by atoms with van der Waals surface area (Å²) in [6.45, 7) is 2.28. The molecule has 0 aliphatic carbocycles. The first-order chi connectivity index (χ1) is 14.5. The zero-order valence-corrected chi connectivity index (χ0v) is 17.1. The van der Waals surface area contributed by atoms with Gasteiger partial charge in [-0.05, 0) is 50.7 Å². The molecule has 1 aromatic carbocycles. The molecule has 0 spiro atoms. The first kappa shape index (κ1) is 18.8. The minimum atomic E-state index is -0.518. The molecule has 5 aliphatic rings. The van der Waals surface area contributed by atoms with Crippen molar-refractivity contribution in [2.24, 2.45) is 11.8 Å². The molecule has 0 radical (unpaired) electrons. The van der Waals surface area contributed by atoms with Crippen molar-refractivity contribution in [3.05, 3.63) is 40.4 Å². The number of carbonyl (C=O) groups is 2. The highest BCUT2D eigenvalue weighted by molar-refractivity contribution is 6.01. The number of hydrogen-bond donors (Lipinski definition) is 0. The molecule has 7 heteroatoms. The largest absolute Gasteiger partial charge is 0.633 e. The van der Waals surface area contributed by atoms with Gasteiger partial charge in [0.15, 0.2) is 0 Å². The van der Waals surface area contributed by atoms with Crippen LogP contribution in [0.5, 0.6) is 0 Å². The average Bonchev–Trinajstić information content (AvgIpc) is 3.07. The molecule has 5 aliphatic heterocycles. The van der Waals surface area contributed by atoms with Crippen LogP contribution in [0.4, 0.5) is 4.39 Å². The lowest BCUT2D eigenvalue weighted by Crippen LogP contribution is -2.73. The molecule has 6 rings (SSSR count). The van der Waals surface area contributed by atoms with Crippen LogP contribution in [0.1, 0.15) is 54.4 Å². The summed E-state index contributed by atoms with van der Waals surface area (Å²) in [7, 11) is 0. The summed E-state index contributed by atoms with van der Waals surface area (Å²) in [5, 5.41) is 13.5. The van der Waals surface area contributed by atoms with Crippen molar-refractivity contribution in [2.75, 3.05) is 19.6 Å². The summed E-state index contributed by atoms with van der Waals surface area (Å²) in [6.07, 6.45) is 5.36. The van der Waals surface area contributed by atoms with E-state index in [1.165, 1.54) is 6.07 Å². The van der Waals surface area contributed by atoms with E-state index in [9.17, 15) is 19.2 Å². The van der Waals surface area contributed by atoms with Crippen LogP contribution in [0, 0.1) is 22.9 Å². The molecule has 4 saturated heterocycles. The molecule has 160 valence electrons. The smallest absolute Gasteiger partial charge is 0.255 e. The third kappa shape index (κ3) is 2.48. The molecule has 4 fully saturated rings. The number of rotatable bonds is 1. The van der Waals surface area contributed by atoms with Crippen LogP contribution in [0.3, 0.4) is 0 Å². The first-order valence-corrected chi connectivity index (χ1v) is 11.4. The number of halogens is 1. The Balaban J connectivity index is 1.28. The zero-order valence-electron chi connectivity index (χ0n) is 17.1. The molecule has 6 atom stereocenters. The Labute approximate surface area is 175 Å². The number of hydroxylamine groups is 3. The Hall–Kier alpha value is -1.99. The number of carbonyl (C=O) groups excluding carboxylic acids is 2. The summed E-state index contributed by atoms with van der Waals surface area (Å²) in [4.78, 5) is 30.1. The first-order valence-electron chi connectivity index (χ1n) is 11.4. The van der Waals surface area contributed by atoms with E-state index < -0.39 is 6.04 Å². The van der Waals surface area contributed by atoms with Gasteiger partial charge < -0.3 is 19.7 Å². The Morgan fingerprint density at radius 1 is 1.03 bits per heavy atom. The molecule has 1 aromatic rings. The molecule has 0 N–H and O–H groups in total. The molecular formula is C23H28FN3O3. The third-order valence-electron chi connectivity index (χ3n) is 8.60. The van der Waals surface area contributed by atoms with Crippen LogP contribution in [0.2, 0.25) is 0 Å². The van der Waals surface area contributed by atoms with Gasteiger partial charge in [0.25, 0.3) is 5.91 Å². The van der Waals surface area contributed by atoms with Gasteiger partial charge in [-0.1, -0.05) is 6.07 Å². The SMILES string of the molecule is O=C1c2cccc(F)c2CN1C1CC[C@@H]2[C@H]3CCC[N+]4([O-])CCC[C@@H](CN2C1=O)[C@@H]34. The van der Waals surface area contributed by atoms with E-state index in [0.717, 1.165) is 45.2 Å². The Kier molecular flexibility index (Phi) is 4.06. The van der Waals surface area contributed by atoms with Crippen LogP contribution in [0.15, 0.2) is 18.2 Å². The molecule has 0 bridgehead atoms. The standard InChI is InChI=1S/C23H28FN3O3/c24-18-7-1-5-15-17(18)13-26(22(15)28)20-9-8-19-16-6-3-11-27(30)10-2-4-14(21(16)27)12-25(19)23(20)29/h1,5,7,14,16,19-21H,2-4,6,8-13H2/t14-,16+,19+,20?,21-,27?/m0/s1. The molecule has 0 saturated carbocycles. The maximum absolute atomic E-state index is 14.2. The summed E-state index contributed by atoms with van der Waals surface area (Å²) in [5.74, 6) is -0.0547. The lowest BCUT2D eigenvalue weighted by molar-refractivity contribution is -0.925. The lowest BCUT2D eigenvalue weighted by atomic mass is 9.67. The van der Waals surface area contributed by atoms with Gasteiger partial charge in [0.05, 0.1) is 25.7 Å². The topological polar surface area (TPSA) is 63.7 Å². The summed E-state index contributed by atoms with van der Waals surface area (Å²) in [5.41, 5.74) is 0.792. The minimum Gasteiger partial charge on any atom is -0.633 e. The van der Waals surface area contributed by atoms with E-state index in [-0.39, 0.29) is 52.7 Å². The predicted octanol–water partition coefficient (Wildman–Crippen LogP) is 2.66. The number of piperidine rings is 4. The number of benzene rings is 1. The number of amides is 2. The quantitative estimate of drug-likeness (QED) is 0.525. The number of fused-ring (bicyclic) bond motifs is 3. The summed E-state index contributed by atoms with van der Waals surface area (Å²) >= 11 is 0. The highest BCUT2D eigenvalue weighted by atomic mass is 19.1. The van der Waals surface area contributed by atoms with E-state index in [2.05, 4.69) is 0 Å². The van der Waals surface area contributed by atoms with E-state index in [4.69, 9.17) is 0 Å². The monoisotopic (exact) mass is 413 g/mol. The fourth-order valence-corrected chi connectivity index (χ4v) is 7.41. The van der Waals surface area contributed by atoms with Crippen LogP contribution in [-0.4, -0.2) is 64.0 Å². The lowest BCUT2D eigenvalue weighted by Gasteiger charge is -2.65. The highest BCUT2D eigenvalue weighted by Crippen LogP contribution is 2.48. The van der Waals surface area contributed by atoms with Crippen molar-refractivity contribution in [3.63, 3.8) is 0 Å². The Morgan fingerprint density at radius 2 is 1.83 bits per heavy atom. The van der Waals surface area contributed by atoms with E-state index >= 15 is 0 Å². The van der Waals surface area contributed by atoms with Gasteiger partial charge in [0.1, 0.15) is 11.9 Å². The van der Waals surface area contributed by atoms with Gasteiger partial charge in [0.2, 0.25) is 5.91 Å². The van der Waals surface area contributed by atoms with Crippen molar-refractivity contribution < 1.29 is 18.6 Å². The highest BCUT2D eigenvalue weighted by Gasteiger charge is 2.57. The van der Waals surface area contributed by atoms with E-state index in [0.29, 0.717) is 24.1 Å². The van der Waals surface area contributed by atoms with Gasteiger partial charge in [-0.2, -0.15) is 0 Å². The maximum atomic E-state index is 14.2. The van der Waals surface area contributed by atoms with Crippen LogP contribution < -0.4 is 0 Å².